The summed E-state index contributed by atoms with van der Waals surface area (Å²) in [5.41, 5.74) is 0. The molecule has 0 spiro atoms. The smallest absolute Gasteiger partial charge is 0.309 e. The lowest BCUT2D eigenvalue weighted by molar-refractivity contribution is -0.160. The van der Waals surface area contributed by atoms with Gasteiger partial charge in [-0.25, -0.2) is 0 Å². The van der Waals surface area contributed by atoms with E-state index in [9.17, 15) is 9.59 Å². The SMILES string of the molecule is CCC1CC(CC)C2C3CC(CC3C(CC(=O)OC(C)C)OC(C)=O)C12. The van der Waals surface area contributed by atoms with Crippen LogP contribution in [0.2, 0.25) is 0 Å². The van der Waals surface area contributed by atoms with Gasteiger partial charge in [-0.15, -0.1) is 0 Å². The Morgan fingerprint density at radius 2 is 1.62 bits per heavy atom. The van der Waals surface area contributed by atoms with Crippen LogP contribution in [0.5, 0.6) is 0 Å². The highest BCUT2D eigenvalue weighted by Gasteiger charge is 2.61. The van der Waals surface area contributed by atoms with Crippen molar-refractivity contribution >= 4 is 11.9 Å². The lowest BCUT2D eigenvalue weighted by atomic mass is 9.69. The van der Waals surface area contributed by atoms with E-state index in [0.29, 0.717) is 11.8 Å². The second-order valence-corrected chi connectivity index (χ2v) is 9.18. The van der Waals surface area contributed by atoms with Crippen LogP contribution in [0.25, 0.3) is 0 Å². The van der Waals surface area contributed by atoms with Crippen molar-refractivity contribution in [3.8, 4) is 0 Å². The van der Waals surface area contributed by atoms with Crippen LogP contribution in [0.3, 0.4) is 0 Å². The molecule has 0 radical (unpaired) electrons. The zero-order valence-electron chi connectivity index (χ0n) is 17.1. The lowest BCUT2D eigenvalue weighted by Gasteiger charge is -2.38. The molecule has 148 valence electrons. The highest BCUT2D eigenvalue weighted by Crippen LogP contribution is 2.66. The molecule has 3 rings (SSSR count). The molecule has 2 bridgehead atoms. The number of rotatable bonds is 7. The fraction of sp³-hybridized carbons (Fsp3) is 0.909. The molecule has 8 unspecified atom stereocenters. The van der Waals surface area contributed by atoms with Gasteiger partial charge in [0.25, 0.3) is 0 Å². The molecule has 4 nitrogen and oxygen atoms in total. The minimum absolute atomic E-state index is 0.130. The number of fused-ring (bicyclic) bond motifs is 5. The minimum atomic E-state index is -0.312. The molecule has 0 aromatic rings. The summed E-state index contributed by atoms with van der Waals surface area (Å²) in [5, 5.41) is 0. The topological polar surface area (TPSA) is 52.6 Å². The van der Waals surface area contributed by atoms with Gasteiger partial charge in [0.05, 0.1) is 12.5 Å². The van der Waals surface area contributed by atoms with E-state index in [1.54, 1.807) is 0 Å². The number of hydrogen-bond acceptors (Lipinski definition) is 4. The fourth-order valence-corrected chi connectivity index (χ4v) is 6.84. The second kappa shape index (κ2) is 7.90. The van der Waals surface area contributed by atoms with Crippen LogP contribution in [-0.2, 0) is 19.1 Å². The molecule has 4 heteroatoms. The van der Waals surface area contributed by atoms with Gasteiger partial charge in [-0.05, 0) is 74.5 Å². The van der Waals surface area contributed by atoms with Crippen molar-refractivity contribution in [2.75, 3.05) is 0 Å². The van der Waals surface area contributed by atoms with Gasteiger partial charge < -0.3 is 9.47 Å². The summed E-state index contributed by atoms with van der Waals surface area (Å²) in [5.74, 6) is 4.50. The fourth-order valence-electron chi connectivity index (χ4n) is 6.84. The van der Waals surface area contributed by atoms with Crippen molar-refractivity contribution in [1.29, 1.82) is 0 Å². The van der Waals surface area contributed by atoms with Crippen molar-refractivity contribution in [2.24, 2.45) is 41.4 Å². The van der Waals surface area contributed by atoms with Crippen molar-refractivity contribution in [3.05, 3.63) is 0 Å². The molecule has 3 aliphatic rings. The molecule has 0 heterocycles. The third kappa shape index (κ3) is 3.66. The first-order valence-corrected chi connectivity index (χ1v) is 10.7. The van der Waals surface area contributed by atoms with Gasteiger partial charge in [0.2, 0.25) is 0 Å². The summed E-state index contributed by atoms with van der Waals surface area (Å²) in [6.07, 6.45) is 6.06. The number of carbonyl (C=O) groups excluding carboxylic acids is 2. The van der Waals surface area contributed by atoms with E-state index >= 15 is 0 Å². The number of ether oxygens (including phenoxy) is 2. The van der Waals surface area contributed by atoms with Gasteiger partial charge in [0.1, 0.15) is 6.10 Å². The van der Waals surface area contributed by atoms with E-state index in [-0.39, 0.29) is 30.6 Å². The van der Waals surface area contributed by atoms with Crippen LogP contribution in [0.1, 0.15) is 73.1 Å². The monoisotopic (exact) mass is 364 g/mol. The van der Waals surface area contributed by atoms with Gasteiger partial charge in [0, 0.05) is 6.92 Å². The Morgan fingerprint density at radius 3 is 2.19 bits per heavy atom. The average molecular weight is 365 g/mol. The largest absolute Gasteiger partial charge is 0.463 e. The van der Waals surface area contributed by atoms with Crippen LogP contribution in [0.4, 0.5) is 0 Å². The Balaban J connectivity index is 1.75. The number of carbonyl (C=O) groups is 2. The second-order valence-electron chi connectivity index (χ2n) is 9.18. The van der Waals surface area contributed by atoms with Gasteiger partial charge in [-0.3, -0.25) is 9.59 Å². The molecule has 0 amide bonds. The zero-order valence-corrected chi connectivity index (χ0v) is 17.1. The first-order valence-electron chi connectivity index (χ1n) is 10.7. The first-order chi connectivity index (χ1) is 12.3. The maximum absolute atomic E-state index is 12.2. The molecule has 0 aromatic heterocycles. The first kappa shape index (κ1) is 19.7. The van der Waals surface area contributed by atoms with Gasteiger partial charge in [-0.1, -0.05) is 26.7 Å². The normalized spacial score (nSPS) is 39.1. The molecule has 0 N–H and O–H groups in total. The lowest BCUT2D eigenvalue weighted by Crippen LogP contribution is -2.39. The molecule has 8 atom stereocenters. The van der Waals surface area contributed by atoms with E-state index in [1.807, 2.05) is 13.8 Å². The Morgan fingerprint density at radius 1 is 0.962 bits per heavy atom. The van der Waals surface area contributed by atoms with E-state index in [0.717, 1.165) is 36.0 Å². The Bertz CT molecular complexity index is 528. The molecule has 0 saturated heterocycles. The van der Waals surface area contributed by atoms with E-state index < -0.39 is 0 Å². The third-order valence-corrected chi connectivity index (χ3v) is 7.46. The zero-order chi connectivity index (χ0) is 19.0. The maximum Gasteiger partial charge on any atom is 0.309 e. The van der Waals surface area contributed by atoms with Gasteiger partial charge in [0.15, 0.2) is 0 Å². The van der Waals surface area contributed by atoms with Crippen LogP contribution in [0.15, 0.2) is 0 Å². The molecule has 0 aliphatic heterocycles. The van der Waals surface area contributed by atoms with Gasteiger partial charge >= 0.3 is 11.9 Å². The summed E-state index contributed by atoms with van der Waals surface area (Å²) in [6.45, 7) is 9.83. The Labute approximate surface area is 158 Å². The summed E-state index contributed by atoms with van der Waals surface area (Å²) in [7, 11) is 0. The molecule has 3 fully saturated rings. The molecule has 0 aromatic carbocycles. The molecular formula is C22H36O4. The van der Waals surface area contributed by atoms with E-state index in [1.165, 1.54) is 32.6 Å². The van der Waals surface area contributed by atoms with Crippen LogP contribution in [0, 0.1) is 41.4 Å². The Kier molecular flexibility index (Phi) is 5.98. The predicted molar refractivity (Wildman–Crippen MR) is 100 cm³/mol. The van der Waals surface area contributed by atoms with Crippen molar-refractivity contribution < 1.29 is 19.1 Å². The highest BCUT2D eigenvalue weighted by molar-refractivity contribution is 5.71. The molecule has 3 aliphatic carbocycles. The van der Waals surface area contributed by atoms with Gasteiger partial charge in [-0.2, -0.15) is 0 Å². The summed E-state index contributed by atoms with van der Waals surface area (Å²) in [6, 6.07) is 0. The average Bonchev–Trinajstić information content (AvgIpc) is 3.23. The van der Waals surface area contributed by atoms with Crippen molar-refractivity contribution in [2.45, 2.75) is 85.4 Å². The van der Waals surface area contributed by atoms with Crippen molar-refractivity contribution in [3.63, 3.8) is 0 Å². The minimum Gasteiger partial charge on any atom is -0.463 e. The molecular weight excluding hydrogens is 328 g/mol. The number of esters is 2. The van der Waals surface area contributed by atoms with Crippen molar-refractivity contribution in [1.82, 2.24) is 0 Å². The highest BCUT2D eigenvalue weighted by atomic mass is 16.6. The van der Waals surface area contributed by atoms with Crippen LogP contribution < -0.4 is 0 Å². The quantitative estimate of drug-likeness (QED) is 0.619. The summed E-state index contributed by atoms with van der Waals surface area (Å²) < 4.78 is 11.0. The molecule has 3 saturated carbocycles. The van der Waals surface area contributed by atoms with E-state index in [2.05, 4.69) is 13.8 Å². The summed E-state index contributed by atoms with van der Waals surface area (Å²) >= 11 is 0. The third-order valence-electron chi connectivity index (χ3n) is 7.46. The summed E-state index contributed by atoms with van der Waals surface area (Å²) in [4.78, 5) is 23.9. The Hall–Kier alpha value is -1.06. The van der Waals surface area contributed by atoms with Crippen LogP contribution in [-0.4, -0.2) is 24.1 Å². The maximum atomic E-state index is 12.2. The molecule has 26 heavy (non-hydrogen) atoms. The van der Waals surface area contributed by atoms with Crippen LogP contribution >= 0.6 is 0 Å². The van der Waals surface area contributed by atoms with E-state index in [4.69, 9.17) is 9.47 Å². The standard InChI is InChI=1S/C22H36O4/c1-6-14-8-15(7-2)22-18-10-16(21(14)22)9-17(18)19(26-13(5)23)11-20(24)25-12(3)4/h12,14-19,21-22H,6-11H2,1-5H3. The predicted octanol–water partition coefficient (Wildman–Crippen LogP) is 4.60. The number of hydrogen-bond donors (Lipinski definition) is 0.